The van der Waals surface area contributed by atoms with E-state index < -0.39 is 5.92 Å². The lowest BCUT2D eigenvalue weighted by Gasteiger charge is -2.16. The summed E-state index contributed by atoms with van der Waals surface area (Å²) in [4.78, 5) is 30.4. The fraction of sp³-hybridized carbons (Fsp3) is 0.316. The molecule has 1 unspecified atom stereocenters. The Balaban J connectivity index is 1.46. The number of amides is 2. The van der Waals surface area contributed by atoms with Crippen LogP contribution in [0.3, 0.4) is 0 Å². The van der Waals surface area contributed by atoms with Crippen molar-refractivity contribution in [3.05, 3.63) is 60.4 Å². The summed E-state index contributed by atoms with van der Waals surface area (Å²) in [5.74, 6) is -0.827. The number of nitrogens with one attached hydrogen (secondary N) is 1. The second-order valence-electron chi connectivity index (χ2n) is 5.92. The molecule has 1 aromatic heterocycles. The summed E-state index contributed by atoms with van der Waals surface area (Å²) >= 11 is 0. The van der Waals surface area contributed by atoms with Crippen LogP contribution in [0.4, 0.5) is 5.69 Å². The zero-order chi connectivity index (χ0) is 16.8. The molecule has 1 fully saturated rings. The average molecular weight is 323 g/mol. The quantitative estimate of drug-likeness (QED) is 0.655. The number of rotatable bonds is 6. The number of aromatic nitrogens is 1. The van der Waals surface area contributed by atoms with Crippen LogP contribution in [-0.2, 0) is 16.0 Å². The molecule has 24 heavy (non-hydrogen) atoms. The molecule has 1 aliphatic heterocycles. The molecule has 0 spiro atoms. The first-order valence-electron chi connectivity index (χ1n) is 8.29. The number of para-hydroxylation sites is 1. The van der Waals surface area contributed by atoms with Crippen LogP contribution in [-0.4, -0.2) is 29.9 Å². The van der Waals surface area contributed by atoms with Crippen LogP contribution in [0.5, 0.6) is 0 Å². The van der Waals surface area contributed by atoms with Gasteiger partial charge in [0.05, 0.1) is 0 Å². The third-order valence-corrected chi connectivity index (χ3v) is 4.28. The molecule has 5 nitrogen and oxygen atoms in total. The molecule has 1 saturated heterocycles. The predicted octanol–water partition coefficient (Wildman–Crippen LogP) is 2.18. The van der Waals surface area contributed by atoms with Crippen LogP contribution >= 0.6 is 0 Å². The maximum absolute atomic E-state index is 12.5. The summed E-state index contributed by atoms with van der Waals surface area (Å²) in [7, 11) is 0. The van der Waals surface area contributed by atoms with Gasteiger partial charge in [0.25, 0.3) is 0 Å². The van der Waals surface area contributed by atoms with Crippen LogP contribution in [0.2, 0.25) is 0 Å². The SMILES string of the molecule is O=C(NCCCc1ccncc1)C1CCN(c2ccccc2)C1=O. The van der Waals surface area contributed by atoms with E-state index in [0.29, 0.717) is 19.5 Å². The molecular formula is C19H21N3O2. The zero-order valence-corrected chi connectivity index (χ0v) is 13.5. The highest BCUT2D eigenvalue weighted by Gasteiger charge is 2.37. The lowest BCUT2D eigenvalue weighted by Crippen LogP contribution is -2.37. The van der Waals surface area contributed by atoms with Crippen LogP contribution in [0.25, 0.3) is 0 Å². The van der Waals surface area contributed by atoms with Gasteiger partial charge in [0.15, 0.2) is 0 Å². The van der Waals surface area contributed by atoms with Gasteiger partial charge < -0.3 is 10.2 Å². The zero-order valence-electron chi connectivity index (χ0n) is 13.5. The Kier molecular flexibility index (Phi) is 5.21. The number of pyridine rings is 1. The van der Waals surface area contributed by atoms with Crippen molar-refractivity contribution < 1.29 is 9.59 Å². The number of nitrogens with zero attached hydrogens (tertiary/aromatic N) is 2. The topological polar surface area (TPSA) is 62.3 Å². The minimum atomic E-state index is -0.564. The van der Waals surface area contributed by atoms with Gasteiger partial charge in [-0.05, 0) is 49.1 Å². The number of benzene rings is 1. The van der Waals surface area contributed by atoms with Gasteiger partial charge in [0.2, 0.25) is 11.8 Å². The summed E-state index contributed by atoms with van der Waals surface area (Å²) in [6, 6.07) is 13.4. The Bertz CT molecular complexity index is 688. The van der Waals surface area contributed by atoms with E-state index in [1.54, 1.807) is 17.3 Å². The second kappa shape index (κ2) is 7.73. The van der Waals surface area contributed by atoms with Gasteiger partial charge in [0.1, 0.15) is 5.92 Å². The Hall–Kier alpha value is -2.69. The van der Waals surface area contributed by atoms with Gasteiger partial charge in [-0.15, -0.1) is 0 Å². The van der Waals surface area contributed by atoms with Gasteiger partial charge in [-0.25, -0.2) is 0 Å². The van der Waals surface area contributed by atoms with E-state index in [1.165, 1.54) is 5.56 Å². The second-order valence-corrected chi connectivity index (χ2v) is 5.92. The first-order chi connectivity index (χ1) is 11.8. The van der Waals surface area contributed by atoms with Crippen molar-refractivity contribution in [2.45, 2.75) is 19.3 Å². The standard InChI is InChI=1S/C19H21N3O2/c23-18(21-11-4-5-15-8-12-20-13-9-15)17-10-14-22(19(17)24)16-6-2-1-3-7-16/h1-3,6-9,12-13,17H,4-5,10-11,14H2,(H,21,23). The first kappa shape index (κ1) is 16.2. The third kappa shape index (κ3) is 3.79. The number of aryl methyl sites for hydroxylation is 1. The Morgan fingerprint density at radius 3 is 2.67 bits per heavy atom. The van der Waals surface area contributed by atoms with E-state index in [4.69, 9.17) is 0 Å². The van der Waals surface area contributed by atoms with Crippen molar-refractivity contribution in [2.24, 2.45) is 5.92 Å². The van der Waals surface area contributed by atoms with E-state index in [1.807, 2.05) is 42.5 Å². The predicted molar refractivity (Wildman–Crippen MR) is 92.5 cm³/mol. The summed E-state index contributed by atoms with van der Waals surface area (Å²) in [6.45, 7) is 1.17. The lowest BCUT2D eigenvalue weighted by molar-refractivity contribution is -0.132. The molecule has 0 aliphatic carbocycles. The fourth-order valence-corrected chi connectivity index (χ4v) is 2.96. The molecule has 1 N–H and O–H groups in total. The molecule has 5 heteroatoms. The van der Waals surface area contributed by atoms with Crippen LogP contribution in [0, 0.1) is 5.92 Å². The van der Waals surface area contributed by atoms with Gasteiger partial charge >= 0.3 is 0 Å². The molecule has 0 bridgehead atoms. The Morgan fingerprint density at radius 2 is 1.92 bits per heavy atom. The summed E-state index contributed by atoms with van der Waals surface area (Å²) in [5, 5.41) is 2.90. The number of hydrogen-bond donors (Lipinski definition) is 1. The van der Waals surface area contributed by atoms with Gasteiger partial charge in [-0.2, -0.15) is 0 Å². The number of carbonyl (C=O) groups excluding carboxylic acids is 2. The molecule has 2 amide bonds. The number of anilines is 1. The van der Waals surface area contributed by atoms with Crippen LogP contribution in [0.1, 0.15) is 18.4 Å². The maximum Gasteiger partial charge on any atom is 0.239 e. The summed E-state index contributed by atoms with van der Waals surface area (Å²) < 4.78 is 0. The first-order valence-corrected chi connectivity index (χ1v) is 8.29. The van der Waals surface area contributed by atoms with E-state index in [2.05, 4.69) is 10.3 Å². The van der Waals surface area contributed by atoms with Gasteiger partial charge in [-0.3, -0.25) is 14.6 Å². The molecule has 0 radical (unpaired) electrons. The highest BCUT2D eigenvalue weighted by molar-refractivity contribution is 6.09. The van der Waals surface area contributed by atoms with Crippen LogP contribution in [0.15, 0.2) is 54.9 Å². The molecule has 0 saturated carbocycles. The highest BCUT2D eigenvalue weighted by Crippen LogP contribution is 2.24. The maximum atomic E-state index is 12.5. The Morgan fingerprint density at radius 1 is 1.17 bits per heavy atom. The Labute approximate surface area is 141 Å². The molecule has 2 heterocycles. The number of hydrogen-bond acceptors (Lipinski definition) is 3. The van der Waals surface area contributed by atoms with Crippen molar-refractivity contribution in [3.8, 4) is 0 Å². The minimum Gasteiger partial charge on any atom is -0.355 e. The summed E-state index contributed by atoms with van der Waals surface area (Å²) in [6.07, 6.45) is 5.84. The van der Waals surface area contributed by atoms with E-state index in [-0.39, 0.29) is 11.8 Å². The monoisotopic (exact) mass is 323 g/mol. The van der Waals surface area contributed by atoms with E-state index >= 15 is 0 Å². The molecule has 1 aromatic carbocycles. The largest absolute Gasteiger partial charge is 0.355 e. The average Bonchev–Trinajstić information content (AvgIpc) is 3.02. The third-order valence-electron chi connectivity index (χ3n) is 4.28. The fourth-order valence-electron chi connectivity index (χ4n) is 2.96. The lowest BCUT2D eigenvalue weighted by atomic mass is 10.1. The highest BCUT2D eigenvalue weighted by atomic mass is 16.2. The van der Waals surface area contributed by atoms with Crippen molar-refractivity contribution in [1.82, 2.24) is 10.3 Å². The smallest absolute Gasteiger partial charge is 0.239 e. The molecule has 124 valence electrons. The normalized spacial score (nSPS) is 17.1. The van der Waals surface area contributed by atoms with Crippen molar-refractivity contribution in [3.63, 3.8) is 0 Å². The van der Waals surface area contributed by atoms with E-state index in [9.17, 15) is 9.59 Å². The van der Waals surface area contributed by atoms with Crippen molar-refractivity contribution in [1.29, 1.82) is 0 Å². The van der Waals surface area contributed by atoms with E-state index in [0.717, 1.165) is 18.5 Å². The molecule has 3 rings (SSSR count). The molecule has 2 aromatic rings. The molecule has 1 aliphatic rings. The van der Waals surface area contributed by atoms with Gasteiger partial charge in [-0.1, -0.05) is 18.2 Å². The minimum absolute atomic E-state index is 0.104. The molecule has 1 atom stereocenters. The molecular weight excluding hydrogens is 302 g/mol. The summed E-state index contributed by atoms with van der Waals surface area (Å²) in [5.41, 5.74) is 2.06. The van der Waals surface area contributed by atoms with Crippen molar-refractivity contribution >= 4 is 17.5 Å². The van der Waals surface area contributed by atoms with Crippen LogP contribution < -0.4 is 10.2 Å². The van der Waals surface area contributed by atoms with Gasteiger partial charge in [0, 0.05) is 31.2 Å². The van der Waals surface area contributed by atoms with Crippen molar-refractivity contribution in [2.75, 3.05) is 18.0 Å². The number of carbonyl (C=O) groups is 2.